The van der Waals surface area contributed by atoms with Crippen LogP contribution in [0.1, 0.15) is 12.5 Å². The largest absolute Gasteiger partial charge is 0.341 e. The van der Waals surface area contributed by atoms with Gasteiger partial charge in [-0.15, -0.1) is 0 Å². The van der Waals surface area contributed by atoms with Gasteiger partial charge in [0.2, 0.25) is 0 Å². The molecule has 0 amide bonds. The number of para-hydroxylation sites is 1. The van der Waals surface area contributed by atoms with Crippen LogP contribution in [0.3, 0.4) is 0 Å². The first-order valence-corrected chi connectivity index (χ1v) is 9.96. The Labute approximate surface area is 158 Å². The van der Waals surface area contributed by atoms with Crippen molar-refractivity contribution in [2.45, 2.75) is 18.7 Å². The Hall–Kier alpha value is -2.93. The fourth-order valence-corrected chi connectivity index (χ4v) is 4.07. The van der Waals surface area contributed by atoms with E-state index in [1.165, 1.54) is 12.1 Å². The summed E-state index contributed by atoms with van der Waals surface area (Å²) in [6.07, 6.45) is 1.62. The van der Waals surface area contributed by atoms with Gasteiger partial charge in [0.25, 0.3) is 10.0 Å². The number of hydrogen-bond acceptors (Lipinski definition) is 4. The minimum Gasteiger partial charge on any atom is -0.341 e. The summed E-state index contributed by atoms with van der Waals surface area (Å²) in [5, 5.41) is 0. The molecule has 1 aromatic heterocycles. The van der Waals surface area contributed by atoms with Crippen molar-refractivity contribution in [1.82, 2.24) is 4.98 Å². The van der Waals surface area contributed by atoms with Crippen LogP contribution in [0.4, 0.5) is 21.6 Å². The molecule has 1 heterocycles. The van der Waals surface area contributed by atoms with E-state index in [0.29, 0.717) is 5.56 Å². The van der Waals surface area contributed by atoms with Crippen molar-refractivity contribution in [3.63, 3.8) is 0 Å². The molecule has 7 heteroatoms. The van der Waals surface area contributed by atoms with Crippen LogP contribution in [0.15, 0.2) is 71.8 Å². The van der Waals surface area contributed by atoms with Gasteiger partial charge in [-0.1, -0.05) is 18.2 Å². The Bertz CT molecular complexity index is 1020. The summed E-state index contributed by atoms with van der Waals surface area (Å²) in [6, 6.07) is 16.8. The molecule has 0 fully saturated rings. The van der Waals surface area contributed by atoms with Crippen LogP contribution in [-0.2, 0) is 10.0 Å². The number of aromatic nitrogens is 1. The summed E-state index contributed by atoms with van der Waals surface area (Å²) in [5.74, 6) is -0.277. The fourth-order valence-electron chi connectivity index (χ4n) is 2.84. The van der Waals surface area contributed by atoms with Crippen molar-refractivity contribution < 1.29 is 12.8 Å². The standard InChI is InChI=1S/C20H20FN3O2S/c1-3-24(17-7-5-4-6-8-17)18-10-12-20(22-14-18)23-27(25,26)19-11-9-16(21)13-15(19)2/h4-14H,3H2,1-2H3,(H,22,23). The number of sulfonamides is 1. The molecule has 0 unspecified atom stereocenters. The summed E-state index contributed by atoms with van der Waals surface area (Å²) in [5.41, 5.74) is 2.21. The van der Waals surface area contributed by atoms with Gasteiger partial charge in [0.05, 0.1) is 16.8 Å². The van der Waals surface area contributed by atoms with Crippen LogP contribution in [0, 0.1) is 12.7 Å². The number of nitrogens with zero attached hydrogens (tertiary/aromatic N) is 2. The van der Waals surface area contributed by atoms with Crippen molar-refractivity contribution in [3.8, 4) is 0 Å². The monoisotopic (exact) mass is 385 g/mol. The van der Waals surface area contributed by atoms with Gasteiger partial charge >= 0.3 is 0 Å². The van der Waals surface area contributed by atoms with E-state index in [-0.39, 0.29) is 10.7 Å². The molecule has 0 aliphatic carbocycles. The van der Waals surface area contributed by atoms with E-state index in [4.69, 9.17) is 0 Å². The van der Waals surface area contributed by atoms with Gasteiger partial charge < -0.3 is 4.90 Å². The Morgan fingerprint density at radius 3 is 2.37 bits per heavy atom. The van der Waals surface area contributed by atoms with E-state index >= 15 is 0 Å². The Morgan fingerprint density at radius 2 is 1.78 bits per heavy atom. The van der Waals surface area contributed by atoms with Crippen LogP contribution in [0.25, 0.3) is 0 Å². The molecule has 1 N–H and O–H groups in total. The molecule has 0 radical (unpaired) electrons. The molecule has 0 saturated carbocycles. The molecule has 0 atom stereocenters. The summed E-state index contributed by atoms with van der Waals surface area (Å²) >= 11 is 0. The second kappa shape index (κ2) is 7.75. The SMILES string of the molecule is CCN(c1ccccc1)c1ccc(NS(=O)(=O)c2ccc(F)cc2C)nc1. The molecule has 140 valence electrons. The van der Waals surface area contributed by atoms with Gasteiger partial charge in [0.1, 0.15) is 11.6 Å². The van der Waals surface area contributed by atoms with Gasteiger partial charge in [0.15, 0.2) is 0 Å². The average Bonchev–Trinajstić information content (AvgIpc) is 2.64. The number of halogens is 1. The molecule has 0 spiro atoms. The predicted octanol–water partition coefficient (Wildman–Crippen LogP) is 4.49. The minimum atomic E-state index is -3.84. The highest BCUT2D eigenvalue weighted by Crippen LogP contribution is 2.25. The molecule has 2 aromatic carbocycles. The number of pyridine rings is 1. The first-order valence-electron chi connectivity index (χ1n) is 8.48. The van der Waals surface area contributed by atoms with Crippen molar-refractivity contribution in [2.24, 2.45) is 0 Å². The normalized spacial score (nSPS) is 11.2. The van der Waals surface area contributed by atoms with E-state index in [1.807, 2.05) is 37.3 Å². The third-order valence-corrected chi connectivity index (χ3v) is 5.62. The Kier molecular flexibility index (Phi) is 5.41. The highest BCUT2D eigenvalue weighted by molar-refractivity contribution is 7.92. The van der Waals surface area contributed by atoms with E-state index in [9.17, 15) is 12.8 Å². The number of anilines is 3. The lowest BCUT2D eigenvalue weighted by molar-refractivity contribution is 0.598. The van der Waals surface area contributed by atoms with Crippen LogP contribution < -0.4 is 9.62 Å². The Balaban J connectivity index is 1.83. The van der Waals surface area contributed by atoms with E-state index in [1.54, 1.807) is 25.3 Å². The highest BCUT2D eigenvalue weighted by Gasteiger charge is 2.18. The second-order valence-electron chi connectivity index (χ2n) is 6.00. The first-order chi connectivity index (χ1) is 12.9. The highest BCUT2D eigenvalue weighted by atomic mass is 32.2. The predicted molar refractivity (Wildman–Crippen MR) is 105 cm³/mol. The molecule has 5 nitrogen and oxygen atoms in total. The second-order valence-corrected chi connectivity index (χ2v) is 7.65. The topological polar surface area (TPSA) is 62.3 Å². The maximum Gasteiger partial charge on any atom is 0.263 e. The molecule has 0 aliphatic heterocycles. The molecular weight excluding hydrogens is 365 g/mol. The quantitative estimate of drug-likeness (QED) is 0.679. The van der Waals surface area contributed by atoms with Crippen molar-refractivity contribution in [1.29, 1.82) is 0 Å². The summed E-state index contributed by atoms with van der Waals surface area (Å²) < 4.78 is 40.8. The molecule has 3 aromatic rings. The number of benzene rings is 2. The molecule has 3 rings (SSSR count). The van der Waals surface area contributed by atoms with Gasteiger partial charge in [-0.2, -0.15) is 0 Å². The number of hydrogen-bond donors (Lipinski definition) is 1. The fraction of sp³-hybridized carbons (Fsp3) is 0.150. The molecule has 0 saturated heterocycles. The molecule has 27 heavy (non-hydrogen) atoms. The maximum atomic E-state index is 13.2. The lowest BCUT2D eigenvalue weighted by Crippen LogP contribution is -2.17. The van der Waals surface area contributed by atoms with Gasteiger partial charge in [-0.25, -0.2) is 17.8 Å². The maximum absolute atomic E-state index is 13.2. The van der Waals surface area contributed by atoms with E-state index in [0.717, 1.165) is 24.0 Å². The van der Waals surface area contributed by atoms with Crippen LogP contribution in [-0.4, -0.2) is 19.9 Å². The Morgan fingerprint density at radius 1 is 1.04 bits per heavy atom. The number of aryl methyl sites for hydroxylation is 1. The zero-order valence-corrected chi connectivity index (χ0v) is 15.9. The molecule has 0 bridgehead atoms. The van der Waals surface area contributed by atoms with Crippen molar-refractivity contribution >= 4 is 27.2 Å². The van der Waals surface area contributed by atoms with Crippen molar-refractivity contribution in [3.05, 3.63) is 78.2 Å². The third kappa shape index (κ3) is 4.25. The van der Waals surface area contributed by atoms with E-state index < -0.39 is 15.8 Å². The number of nitrogens with one attached hydrogen (secondary N) is 1. The lowest BCUT2D eigenvalue weighted by atomic mass is 10.2. The summed E-state index contributed by atoms with van der Waals surface area (Å²) in [6.45, 7) is 4.32. The lowest BCUT2D eigenvalue weighted by Gasteiger charge is -2.23. The van der Waals surface area contributed by atoms with Crippen LogP contribution in [0.2, 0.25) is 0 Å². The zero-order chi connectivity index (χ0) is 19.4. The van der Waals surface area contributed by atoms with Gasteiger partial charge in [0, 0.05) is 12.2 Å². The van der Waals surface area contributed by atoms with Crippen LogP contribution >= 0.6 is 0 Å². The number of rotatable bonds is 6. The smallest absolute Gasteiger partial charge is 0.263 e. The van der Waals surface area contributed by atoms with Gasteiger partial charge in [-0.3, -0.25) is 4.72 Å². The molecular formula is C20H20FN3O2S. The molecule has 0 aliphatic rings. The minimum absolute atomic E-state index is 0.0225. The summed E-state index contributed by atoms with van der Waals surface area (Å²) in [7, 11) is -3.84. The van der Waals surface area contributed by atoms with Gasteiger partial charge in [-0.05, 0) is 61.9 Å². The zero-order valence-electron chi connectivity index (χ0n) is 15.1. The first kappa shape index (κ1) is 18.8. The average molecular weight is 385 g/mol. The van der Waals surface area contributed by atoms with Crippen LogP contribution in [0.5, 0.6) is 0 Å². The van der Waals surface area contributed by atoms with E-state index in [2.05, 4.69) is 14.6 Å². The summed E-state index contributed by atoms with van der Waals surface area (Å²) in [4.78, 5) is 6.31. The van der Waals surface area contributed by atoms with Crippen molar-refractivity contribution in [2.75, 3.05) is 16.2 Å². The third-order valence-electron chi connectivity index (χ3n) is 4.11.